The van der Waals surface area contributed by atoms with Crippen LogP contribution in [0.25, 0.3) is 0 Å². The zero-order chi connectivity index (χ0) is 24.8. The van der Waals surface area contributed by atoms with Gasteiger partial charge in [0.2, 0.25) is 0 Å². The Morgan fingerprint density at radius 2 is 1.80 bits per heavy atom. The fraction of sp³-hybridized carbons (Fsp3) is 0.280. The lowest BCUT2D eigenvalue weighted by Gasteiger charge is -2.34. The van der Waals surface area contributed by atoms with Crippen LogP contribution in [-0.4, -0.2) is 46.3 Å². The van der Waals surface area contributed by atoms with Gasteiger partial charge in [-0.25, -0.2) is 4.79 Å². The first-order valence-corrected chi connectivity index (χ1v) is 11.8. The van der Waals surface area contributed by atoms with Crippen LogP contribution >= 0.6 is 23.8 Å². The third-order valence-corrected chi connectivity index (χ3v) is 6.09. The number of thiocarbonyl (C=S) groups is 1. The lowest BCUT2D eigenvalue weighted by molar-refractivity contribution is -0.260. The number of hydroxylamine groups is 2. The highest BCUT2D eigenvalue weighted by Crippen LogP contribution is 2.37. The predicted octanol–water partition coefficient (Wildman–Crippen LogP) is 3.55. The quantitative estimate of drug-likeness (QED) is 0.422. The maximum Gasteiger partial charge on any atom is 0.376 e. The van der Waals surface area contributed by atoms with Crippen molar-refractivity contribution in [3.63, 3.8) is 0 Å². The van der Waals surface area contributed by atoms with Gasteiger partial charge in [0.15, 0.2) is 6.10 Å². The number of carbonyl (C=O) groups excluding carboxylic acids is 3. The van der Waals surface area contributed by atoms with Crippen molar-refractivity contribution in [1.29, 1.82) is 0 Å². The van der Waals surface area contributed by atoms with Crippen LogP contribution in [0.5, 0.6) is 0 Å². The Labute approximate surface area is 212 Å². The predicted molar refractivity (Wildman–Crippen MR) is 131 cm³/mol. The van der Waals surface area contributed by atoms with Crippen LogP contribution in [-0.2, 0) is 28.7 Å². The van der Waals surface area contributed by atoms with Crippen molar-refractivity contribution in [2.24, 2.45) is 0 Å². The van der Waals surface area contributed by atoms with Crippen molar-refractivity contribution < 1.29 is 28.7 Å². The Morgan fingerprint density at radius 1 is 1.17 bits per heavy atom. The van der Waals surface area contributed by atoms with Crippen LogP contribution in [0.1, 0.15) is 36.5 Å². The first kappa shape index (κ1) is 24.8. The maximum absolute atomic E-state index is 13.6. The highest BCUT2D eigenvalue weighted by molar-refractivity contribution is 7.80. The van der Waals surface area contributed by atoms with Crippen LogP contribution in [0.4, 0.5) is 0 Å². The highest BCUT2D eigenvalue weighted by Gasteiger charge is 2.60. The Morgan fingerprint density at radius 3 is 2.34 bits per heavy atom. The molecule has 0 spiro atoms. The van der Waals surface area contributed by atoms with Gasteiger partial charge in [-0.15, -0.1) is 0 Å². The van der Waals surface area contributed by atoms with Crippen LogP contribution in [0.15, 0.2) is 72.3 Å². The first-order chi connectivity index (χ1) is 16.9. The second-order valence-corrected chi connectivity index (χ2v) is 8.72. The number of benzene rings is 2. The van der Waals surface area contributed by atoms with E-state index >= 15 is 0 Å². The molecule has 2 fully saturated rings. The standard InChI is InChI=1S/C25H23ClN2O6S/c26-15-7-12-20(35)27-19-16-32-28(23(19)30)25(14-13-21(29)34-25)24(31)33-22(17-8-3-1-4-9-17)18-10-5-2-6-11-18/h1-11,15,19,22H,12-14,16H2,(H,27,35)/t19-,25?/m0/s1. The molecule has 35 heavy (non-hydrogen) atoms. The summed E-state index contributed by atoms with van der Waals surface area (Å²) in [6.45, 7) is -0.100. The minimum absolute atomic E-state index is 0.0688. The van der Waals surface area contributed by atoms with Crippen LogP contribution in [0, 0.1) is 0 Å². The Kier molecular flexibility index (Phi) is 7.80. The molecule has 2 aromatic carbocycles. The van der Waals surface area contributed by atoms with Crippen molar-refractivity contribution >= 4 is 46.7 Å². The second-order valence-electron chi connectivity index (χ2n) is 7.98. The van der Waals surface area contributed by atoms with E-state index in [-0.39, 0.29) is 19.4 Å². The summed E-state index contributed by atoms with van der Waals surface area (Å²) in [5.41, 5.74) is 0.728. The Balaban J connectivity index is 1.59. The van der Waals surface area contributed by atoms with Crippen molar-refractivity contribution in [2.75, 3.05) is 6.61 Å². The number of rotatable bonds is 8. The van der Waals surface area contributed by atoms with Crippen molar-refractivity contribution in [1.82, 2.24) is 10.4 Å². The van der Waals surface area contributed by atoms with E-state index in [2.05, 4.69) is 5.32 Å². The van der Waals surface area contributed by atoms with Gasteiger partial charge in [-0.3, -0.25) is 14.4 Å². The molecule has 0 aromatic heterocycles. The molecule has 2 heterocycles. The molecule has 2 aliphatic rings. The molecule has 2 aliphatic heterocycles. The number of hydrogen-bond acceptors (Lipinski definition) is 7. The molecule has 2 atom stereocenters. The molecule has 4 rings (SSSR count). The molecule has 1 amide bonds. The molecular formula is C25H23ClN2O6S. The first-order valence-electron chi connectivity index (χ1n) is 11.0. The summed E-state index contributed by atoms with van der Waals surface area (Å²) in [7, 11) is 0. The van der Waals surface area contributed by atoms with Gasteiger partial charge in [-0.2, -0.15) is 5.06 Å². The molecule has 1 unspecified atom stereocenters. The van der Waals surface area contributed by atoms with E-state index in [0.717, 1.165) is 16.2 Å². The maximum atomic E-state index is 13.6. The molecule has 2 saturated heterocycles. The summed E-state index contributed by atoms with van der Waals surface area (Å²) < 4.78 is 11.4. The zero-order valence-electron chi connectivity index (χ0n) is 18.6. The lowest BCUT2D eigenvalue weighted by atomic mass is 10.0. The van der Waals surface area contributed by atoms with E-state index in [1.807, 2.05) is 60.7 Å². The van der Waals surface area contributed by atoms with Gasteiger partial charge in [0.1, 0.15) is 12.6 Å². The number of nitrogens with one attached hydrogen (secondary N) is 1. The van der Waals surface area contributed by atoms with Gasteiger partial charge in [-0.05, 0) is 11.1 Å². The van der Waals surface area contributed by atoms with Gasteiger partial charge >= 0.3 is 17.7 Å². The van der Waals surface area contributed by atoms with Gasteiger partial charge in [0.25, 0.3) is 5.91 Å². The largest absolute Gasteiger partial charge is 0.448 e. The Bertz CT molecular complexity index is 1090. The molecule has 2 aromatic rings. The van der Waals surface area contributed by atoms with E-state index in [1.54, 1.807) is 6.08 Å². The van der Waals surface area contributed by atoms with E-state index in [9.17, 15) is 14.4 Å². The van der Waals surface area contributed by atoms with Crippen molar-refractivity contribution in [3.8, 4) is 0 Å². The number of nitrogens with zero attached hydrogens (tertiary/aromatic N) is 1. The SMILES string of the molecule is O=C1CCC(C(=O)OC(c2ccccc2)c2ccccc2)(N2OC[C@H](NC(=S)CC=CCl)C2=O)O1. The Hall–Kier alpha value is -3.27. The smallest absolute Gasteiger partial charge is 0.376 e. The van der Waals surface area contributed by atoms with E-state index in [4.69, 9.17) is 38.1 Å². The monoisotopic (exact) mass is 514 g/mol. The molecule has 0 bridgehead atoms. The average molecular weight is 515 g/mol. The molecule has 0 saturated carbocycles. The van der Waals surface area contributed by atoms with Crippen LogP contribution in [0.2, 0.25) is 0 Å². The fourth-order valence-corrected chi connectivity index (χ4v) is 4.26. The number of esters is 2. The zero-order valence-corrected chi connectivity index (χ0v) is 20.2. The van der Waals surface area contributed by atoms with E-state index < -0.39 is 35.7 Å². The summed E-state index contributed by atoms with van der Waals surface area (Å²) in [6, 6.07) is 17.5. The van der Waals surface area contributed by atoms with Crippen molar-refractivity contribution in [3.05, 3.63) is 83.4 Å². The molecule has 8 nitrogen and oxygen atoms in total. The van der Waals surface area contributed by atoms with Gasteiger partial charge < -0.3 is 14.8 Å². The minimum atomic E-state index is -2.04. The van der Waals surface area contributed by atoms with Gasteiger partial charge in [0, 0.05) is 18.4 Å². The van der Waals surface area contributed by atoms with E-state index in [0.29, 0.717) is 11.4 Å². The van der Waals surface area contributed by atoms with Crippen molar-refractivity contribution in [2.45, 2.75) is 37.1 Å². The molecule has 0 radical (unpaired) electrons. The fourth-order valence-electron chi connectivity index (χ4n) is 3.93. The third kappa shape index (κ3) is 5.37. The molecule has 0 aliphatic carbocycles. The normalized spacial score (nSPS) is 22.0. The highest BCUT2D eigenvalue weighted by atomic mass is 35.5. The topological polar surface area (TPSA) is 94.2 Å². The summed E-state index contributed by atoms with van der Waals surface area (Å²) in [4.78, 5) is 44.9. The number of halogens is 1. The van der Waals surface area contributed by atoms with Gasteiger partial charge in [-0.1, -0.05) is 90.6 Å². The summed E-state index contributed by atoms with van der Waals surface area (Å²) in [5.74, 6) is -2.12. The minimum Gasteiger partial charge on any atom is -0.448 e. The molecule has 1 N–H and O–H groups in total. The lowest BCUT2D eigenvalue weighted by Crippen LogP contribution is -2.57. The second kappa shape index (κ2) is 11.0. The summed E-state index contributed by atoms with van der Waals surface area (Å²) >= 11 is 10.8. The number of amides is 1. The number of carbonyl (C=O) groups is 3. The molecule has 10 heteroatoms. The number of hydrogen-bond donors (Lipinski definition) is 1. The van der Waals surface area contributed by atoms with Crippen LogP contribution < -0.4 is 5.32 Å². The number of ether oxygens (including phenoxy) is 2. The average Bonchev–Trinajstić information content (AvgIpc) is 3.45. The van der Waals surface area contributed by atoms with E-state index in [1.165, 1.54) is 5.54 Å². The number of cyclic esters (lactones) is 1. The molecular weight excluding hydrogens is 492 g/mol. The molecule has 182 valence electrons. The third-order valence-electron chi connectivity index (χ3n) is 5.62. The summed E-state index contributed by atoms with van der Waals surface area (Å²) in [5, 5.41) is 3.70. The van der Waals surface area contributed by atoms with Crippen LogP contribution in [0.3, 0.4) is 0 Å². The van der Waals surface area contributed by atoms with Gasteiger partial charge in [0.05, 0.1) is 11.4 Å². The summed E-state index contributed by atoms with van der Waals surface area (Å²) in [6.07, 6.45) is 1.00.